The molecule has 0 radical (unpaired) electrons. The maximum absolute atomic E-state index is 13.6. The Morgan fingerprint density at radius 1 is 1.13 bits per heavy atom. The number of hydrogen-bond donors (Lipinski definition) is 0. The highest BCUT2D eigenvalue weighted by atomic mass is 19.1. The number of methoxy groups -OCH3 is 1. The van der Waals surface area contributed by atoms with Gasteiger partial charge in [-0.1, -0.05) is 12.1 Å². The average molecular weight is 418 g/mol. The molecule has 4 rings (SSSR count). The lowest BCUT2D eigenvalue weighted by molar-refractivity contribution is 0.0608. The second-order valence-electron chi connectivity index (χ2n) is 7.61. The lowest BCUT2D eigenvalue weighted by Gasteiger charge is -2.37. The van der Waals surface area contributed by atoms with Crippen LogP contribution in [0.3, 0.4) is 0 Å². The second-order valence-corrected chi connectivity index (χ2v) is 7.61. The van der Waals surface area contributed by atoms with Crippen molar-refractivity contribution >= 4 is 16.8 Å². The monoisotopic (exact) mass is 418 g/mol. The van der Waals surface area contributed by atoms with Crippen LogP contribution in [-0.4, -0.2) is 54.0 Å². The summed E-state index contributed by atoms with van der Waals surface area (Å²) in [7, 11) is 1.61. The highest BCUT2D eigenvalue weighted by molar-refractivity contribution is 6.06. The Kier molecular flexibility index (Phi) is 5.83. The summed E-state index contributed by atoms with van der Waals surface area (Å²) in [6.07, 6.45) is 0. The van der Waals surface area contributed by atoms with Gasteiger partial charge in [0.2, 0.25) is 0 Å². The molecule has 1 unspecified atom stereocenters. The first-order valence-corrected chi connectivity index (χ1v) is 10.1. The molecule has 1 fully saturated rings. The smallest absolute Gasteiger partial charge is 0.254 e. The molecule has 0 saturated carbocycles. The van der Waals surface area contributed by atoms with Gasteiger partial charge in [0.1, 0.15) is 17.6 Å². The SMILES string of the molecule is COc1ccc(C(C#N)N2CCN(C(=O)c3cc(C)nc4cc(F)ccc34)CC2)cc1. The number of carbonyl (C=O) groups is 1. The van der Waals surface area contributed by atoms with E-state index in [2.05, 4.69) is 16.0 Å². The number of nitrogens with zero attached hydrogens (tertiary/aromatic N) is 4. The molecule has 1 saturated heterocycles. The minimum Gasteiger partial charge on any atom is -0.497 e. The average Bonchev–Trinajstić information content (AvgIpc) is 2.79. The van der Waals surface area contributed by atoms with Crippen LogP contribution in [0, 0.1) is 24.1 Å². The summed E-state index contributed by atoms with van der Waals surface area (Å²) >= 11 is 0. The Hall–Kier alpha value is -3.50. The zero-order valence-corrected chi connectivity index (χ0v) is 17.5. The fraction of sp³-hybridized carbons (Fsp3) is 0.292. The predicted octanol–water partition coefficient (Wildman–Crippen LogP) is 3.71. The van der Waals surface area contributed by atoms with Crippen LogP contribution < -0.4 is 4.74 Å². The molecule has 2 aromatic carbocycles. The molecule has 2 heterocycles. The molecule has 1 amide bonds. The summed E-state index contributed by atoms with van der Waals surface area (Å²) in [5, 5.41) is 10.4. The van der Waals surface area contributed by atoms with Crippen LogP contribution in [0.4, 0.5) is 4.39 Å². The fourth-order valence-electron chi connectivity index (χ4n) is 4.02. The van der Waals surface area contributed by atoms with E-state index in [4.69, 9.17) is 4.74 Å². The Morgan fingerprint density at radius 3 is 2.48 bits per heavy atom. The normalized spacial score (nSPS) is 15.5. The van der Waals surface area contributed by atoms with Crippen molar-refractivity contribution in [2.75, 3.05) is 33.3 Å². The zero-order chi connectivity index (χ0) is 22.0. The maximum atomic E-state index is 13.6. The molecule has 3 aromatic rings. The van der Waals surface area contributed by atoms with Gasteiger partial charge in [-0.15, -0.1) is 0 Å². The third-order valence-corrected chi connectivity index (χ3v) is 5.65. The molecule has 31 heavy (non-hydrogen) atoms. The molecule has 7 heteroatoms. The van der Waals surface area contributed by atoms with Crippen molar-refractivity contribution in [2.45, 2.75) is 13.0 Å². The number of nitriles is 1. The number of rotatable bonds is 4. The Balaban J connectivity index is 1.50. The van der Waals surface area contributed by atoms with Crippen molar-refractivity contribution < 1.29 is 13.9 Å². The van der Waals surface area contributed by atoms with Gasteiger partial charge in [0.15, 0.2) is 0 Å². The number of halogens is 1. The van der Waals surface area contributed by atoms with Crippen LogP contribution in [0.15, 0.2) is 48.5 Å². The molecular formula is C24H23FN4O2. The Labute approximate surface area is 180 Å². The highest BCUT2D eigenvalue weighted by Crippen LogP contribution is 2.26. The van der Waals surface area contributed by atoms with E-state index in [0.717, 1.165) is 11.3 Å². The molecule has 0 spiro atoms. The number of aromatic nitrogens is 1. The van der Waals surface area contributed by atoms with Crippen molar-refractivity contribution in [3.05, 3.63) is 71.2 Å². The van der Waals surface area contributed by atoms with Gasteiger partial charge in [-0.3, -0.25) is 14.7 Å². The molecule has 0 bridgehead atoms. The molecular weight excluding hydrogens is 395 g/mol. The van der Waals surface area contributed by atoms with Crippen LogP contribution in [0.2, 0.25) is 0 Å². The molecule has 1 aliphatic rings. The minimum atomic E-state index is -0.380. The third-order valence-electron chi connectivity index (χ3n) is 5.65. The Morgan fingerprint density at radius 2 is 1.84 bits per heavy atom. The van der Waals surface area contributed by atoms with Crippen LogP contribution in [0.25, 0.3) is 10.9 Å². The fourth-order valence-corrected chi connectivity index (χ4v) is 4.02. The lowest BCUT2D eigenvalue weighted by atomic mass is 10.0. The van der Waals surface area contributed by atoms with Crippen molar-refractivity contribution in [1.82, 2.24) is 14.8 Å². The predicted molar refractivity (Wildman–Crippen MR) is 115 cm³/mol. The number of piperazine rings is 1. The largest absolute Gasteiger partial charge is 0.497 e. The molecule has 158 valence electrons. The number of fused-ring (bicyclic) bond motifs is 1. The first-order valence-electron chi connectivity index (χ1n) is 10.1. The van der Waals surface area contributed by atoms with E-state index in [1.165, 1.54) is 12.1 Å². The van der Waals surface area contributed by atoms with Crippen molar-refractivity contribution in [1.29, 1.82) is 5.26 Å². The number of ether oxygens (including phenoxy) is 1. The van der Waals surface area contributed by atoms with E-state index < -0.39 is 0 Å². The number of aryl methyl sites for hydroxylation is 1. The van der Waals surface area contributed by atoms with Crippen LogP contribution in [0.1, 0.15) is 27.7 Å². The van der Waals surface area contributed by atoms with E-state index in [0.29, 0.717) is 48.3 Å². The van der Waals surface area contributed by atoms with Gasteiger partial charge in [-0.2, -0.15) is 5.26 Å². The van der Waals surface area contributed by atoms with E-state index in [1.807, 2.05) is 24.3 Å². The number of carbonyl (C=O) groups excluding carboxylic acids is 1. The molecule has 6 nitrogen and oxygen atoms in total. The van der Waals surface area contributed by atoms with Gasteiger partial charge in [0.05, 0.1) is 24.3 Å². The second kappa shape index (κ2) is 8.70. The van der Waals surface area contributed by atoms with Gasteiger partial charge in [0, 0.05) is 43.3 Å². The topological polar surface area (TPSA) is 69.5 Å². The summed E-state index contributed by atoms with van der Waals surface area (Å²) in [6.45, 7) is 4.00. The molecule has 0 N–H and O–H groups in total. The standard InChI is InChI=1S/C24H23FN4O2/c1-16-13-21(20-8-5-18(25)14-22(20)27-16)24(30)29-11-9-28(10-12-29)23(15-26)17-3-6-19(31-2)7-4-17/h3-8,13-14,23H,9-12H2,1-2H3. The Bertz CT molecular complexity index is 1140. The quantitative estimate of drug-likeness (QED) is 0.646. The summed E-state index contributed by atoms with van der Waals surface area (Å²) in [5.41, 5.74) is 2.58. The number of amides is 1. The summed E-state index contributed by atoms with van der Waals surface area (Å²) in [4.78, 5) is 21.5. The van der Waals surface area contributed by atoms with Crippen LogP contribution >= 0.6 is 0 Å². The third kappa shape index (κ3) is 4.21. The first kappa shape index (κ1) is 20.8. The lowest BCUT2D eigenvalue weighted by Crippen LogP contribution is -2.49. The van der Waals surface area contributed by atoms with Gasteiger partial charge in [-0.05, 0) is 42.8 Å². The van der Waals surface area contributed by atoms with Crippen LogP contribution in [0.5, 0.6) is 5.75 Å². The molecule has 1 aromatic heterocycles. The van der Waals surface area contributed by atoms with Gasteiger partial charge < -0.3 is 9.64 Å². The van der Waals surface area contributed by atoms with E-state index in [9.17, 15) is 14.4 Å². The molecule has 1 atom stereocenters. The maximum Gasteiger partial charge on any atom is 0.254 e. The number of hydrogen-bond acceptors (Lipinski definition) is 5. The van der Waals surface area contributed by atoms with Gasteiger partial charge in [-0.25, -0.2) is 4.39 Å². The van der Waals surface area contributed by atoms with Crippen molar-refractivity contribution in [2.24, 2.45) is 0 Å². The summed E-state index contributed by atoms with van der Waals surface area (Å²) in [6, 6.07) is 15.5. The van der Waals surface area contributed by atoms with E-state index >= 15 is 0 Å². The summed E-state index contributed by atoms with van der Waals surface area (Å²) in [5.74, 6) is 0.272. The first-order chi connectivity index (χ1) is 15.0. The van der Waals surface area contributed by atoms with E-state index in [-0.39, 0.29) is 17.8 Å². The van der Waals surface area contributed by atoms with E-state index in [1.54, 1.807) is 31.1 Å². The zero-order valence-electron chi connectivity index (χ0n) is 17.5. The number of pyridine rings is 1. The highest BCUT2D eigenvalue weighted by Gasteiger charge is 2.28. The molecule has 1 aliphatic heterocycles. The molecule has 0 aliphatic carbocycles. The number of benzene rings is 2. The summed E-state index contributed by atoms with van der Waals surface area (Å²) < 4.78 is 18.8. The van der Waals surface area contributed by atoms with Crippen molar-refractivity contribution in [3.63, 3.8) is 0 Å². The van der Waals surface area contributed by atoms with Gasteiger partial charge >= 0.3 is 0 Å². The minimum absolute atomic E-state index is 0.0975. The van der Waals surface area contributed by atoms with Crippen LogP contribution in [-0.2, 0) is 0 Å². The van der Waals surface area contributed by atoms with Crippen molar-refractivity contribution in [3.8, 4) is 11.8 Å². The van der Waals surface area contributed by atoms with Gasteiger partial charge in [0.25, 0.3) is 5.91 Å².